The number of carboxylic acid groups (broad SMARTS) is 1. The van der Waals surface area contributed by atoms with Crippen molar-refractivity contribution >= 4 is 17.6 Å². The minimum Gasteiger partial charge on any atom is -0.507 e. The van der Waals surface area contributed by atoms with Crippen molar-refractivity contribution in [2.45, 2.75) is 19.4 Å². The van der Waals surface area contributed by atoms with Crippen LogP contribution in [0.3, 0.4) is 0 Å². The maximum atomic E-state index is 11.5. The number of rotatable bonds is 4. The van der Waals surface area contributed by atoms with E-state index in [0.29, 0.717) is 6.42 Å². The lowest BCUT2D eigenvalue weighted by molar-refractivity contribution is -0.117. The van der Waals surface area contributed by atoms with Crippen molar-refractivity contribution in [1.29, 1.82) is 0 Å². The maximum Gasteiger partial charge on any atom is 0.339 e. The lowest BCUT2D eigenvalue weighted by Gasteiger charge is -2.10. The lowest BCUT2D eigenvalue weighted by atomic mass is 10.1. The third kappa shape index (κ3) is 3.18. The molecule has 0 spiro atoms. The molecule has 1 unspecified atom stereocenters. The van der Waals surface area contributed by atoms with E-state index in [1.807, 2.05) is 0 Å². The molecule has 6 nitrogen and oxygen atoms in total. The highest BCUT2D eigenvalue weighted by atomic mass is 16.4. The molecule has 1 rings (SSSR count). The molecule has 5 N–H and O–H groups in total. The molecule has 0 saturated carbocycles. The third-order valence-corrected chi connectivity index (χ3v) is 2.27. The Kier molecular flexibility index (Phi) is 4.06. The van der Waals surface area contributed by atoms with Gasteiger partial charge >= 0.3 is 5.97 Å². The lowest BCUT2D eigenvalue weighted by Crippen LogP contribution is -2.34. The first-order valence-corrected chi connectivity index (χ1v) is 5.08. The molecular weight excluding hydrogens is 224 g/mol. The summed E-state index contributed by atoms with van der Waals surface area (Å²) >= 11 is 0. The van der Waals surface area contributed by atoms with Crippen molar-refractivity contribution in [3.63, 3.8) is 0 Å². The second-order valence-electron chi connectivity index (χ2n) is 3.54. The molecule has 0 fully saturated rings. The number of hydrogen-bond donors (Lipinski definition) is 4. The fourth-order valence-corrected chi connectivity index (χ4v) is 1.21. The fourth-order valence-electron chi connectivity index (χ4n) is 1.21. The highest BCUT2D eigenvalue weighted by Crippen LogP contribution is 2.21. The third-order valence-electron chi connectivity index (χ3n) is 2.27. The summed E-state index contributed by atoms with van der Waals surface area (Å²) in [6.07, 6.45) is 0.482. The first kappa shape index (κ1) is 13.0. The van der Waals surface area contributed by atoms with E-state index in [2.05, 4.69) is 5.32 Å². The zero-order valence-corrected chi connectivity index (χ0v) is 9.30. The molecule has 0 aromatic heterocycles. The zero-order valence-electron chi connectivity index (χ0n) is 9.30. The standard InChI is InChI=1S/C11H14N2O4/c1-2-8(12)10(15)13-6-3-4-9(14)7(5-6)11(16)17/h3-5,8,14H,2,12H2,1H3,(H,13,15)(H,16,17). The molecule has 0 heterocycles. The van der Waals surface area contributed by atoms with Gasteiger partial charge in [0, 0.05) is 5.69 Å². The van der Waals surface area contributed by atoms with Crippen LogP contribution in [-0.2, 0) is 4.79 Å². The largest absolute Gasteiger partial charge is 0.507 e. The van der Waals surface area contributed by atoms with Gasteiger partial charge in [-0.3, -0.25) is 4.79 Å². The average Bonchev–Trinajstić information content (AvgIpc) is 2.30. The minimum absolute atomic E-state index is 0.270. The fraction of sp³-hybridized carbons (Fsp3) is 0.273. The van der Waals surface area contributed by atoms with Crippen molar-refractivity contribution in [3.8, 4) is 5.75 Å². The molecule has 92 valence electrons. The monoisotopic (exact) mass is 238 g/mol. The molecule has 1 aromatic carbocycles. The predicted octanol–water partition coefficient (Wildman–Crippen LogP) is 0.766. The van der Waals surface area contributed by atoms with Gasteiger partial charge in [-0.1, -0.05) is 6.92 Å². The van der Waals surface area contributed by atoms with E-state index in [4.69, 9.17) is 10.8 Å². The van der Waals surface area contributed by atoms with Crippen molar-refractivity contribution in [1.82, 2.24) is 0 Å². The van der Waals surface area contributed by atoms with Gasteiger partial charge in [-0.25, -0.2) is 4.79 Å². The minimum atomic E-state index is -1.27. The quantitative estimate of drug-likeness (QED) is 0.578. The first-order chi connectivity index (χ1) is 7.95. The van der Waals surface area contributed by atoms with E-state index in [9.17, 15) is 14.7 Å². The highest BCUT2D eigenvalue weighted by molar-refractivity contribution is 5.97. The Morgan fingerprint density at radius 1 is 1.47 bits per heavy atom. The Balaban J connectivity index is 2.90. The number of anilines is 1. The normalized spacial score (nSPS) is 11.9. The van der Waals surface area contributed by atoms with E-state index < -0.39 is 17.9 Å². The number of hydrogen-bond acceptors (Lipinski definition) is 4. The van der Waals surface area contributed by atoms with Gasteiger partial charge in [0.05, 0.1) is 6.04 Å². The molecule has 0 aliphatic heterocycles. The molecule has 0 bridgehead atoms. The number of benzene rings is 1. The van der Waals surface area contributed by atoms with Gasteiger partial charge in [0.25, 0.3) is 0 Å². The molecule has 0 radical (unpaired) electrons. The van der Waals surface area contributed by atoms with Gasteiger partial charge in [-0.2, -0.15) is 0 Å². The van der Waals surface area contributed by atoms with Crippen molar-refractivity contribution in [2.24, 2.45) is 5.73 Å². The summed E-state index contributed by atoms with van der Waals surface area (Å²) < 4.78 is 0. The summed E-state index contributed by atoms with van der Waals surface area (Å²) in [6, 6.07) is 3.15. The molecule has 1 aromatic rings. The van der Waals surface area contributed by atoms with Crippen LogP contribution < -0.4 is 11.1 Å². The Labute approximate surface area is 98.1 Å². The SMILES string of the molecule is CCC(N)C(=O)Nc1ccc(O)c(C(=O)O)c1. The van der Waals surface area contributed by atoms with Crippen LogP contribution in [0.5, 0.6) is 5.75 Å². The van der Waals surface area contributed by atoms with Crippen molar-refractivity contribution < 1.29 is 19.8 Å². The van der Waals surface area contributed by atoms with Crippen molar-refractivity contribution in [3.05, 3.63) is 23.8 Å². The van der Waals surface area contributed by atoms with E-state index in [1.165, 1.54) is 18.2 Å². The van der Waals surface area contributed by atoms with Crippen LogP contribution in [0.4, 0.5) is 5.69 Å². The highest BCUT2D eigenvalue weighted by Gasteiger charge is 2.14. The molecular formula is C11H14N2O4. The number of phenols is 1. The van der Waals surface area contributed by atoms with Crippen molar-refractivity contribution in [2.75, 3.05) is 5.32 Å². The van der Waals surface area contributed by atoms with E-state index in [-0.39, 0.29) is 17.0 Å². The molecule has 0 saturated heterocycles. The number of amides is 1. The Morgan fingerprint density at radius 2 is 2.12 bits per heavy atom. The van der Waals surface area contributed by atoms with Gasteiger partial charge in [0.15, 0.2) is 0 Å². The second kappa shape index (κ2) is 5.31. The van der Waals surface area contributed by atoms with Gasteiger partial charge < -0.3 is 21.3 Å². The Bertz CT molecular complexity index is 445. The van der Waals surface area contributed by atoms with Crippen LogP contribution in [0, 0.1) is 0 Å². The van der Waals surface area contributed by atoms with Gasteiger partial charge in [0.2, 0.25) is 5.91 Å². The smallest absolute Gasteiger partial charge is 0.339 e. The van der Waals surface area contributed by atoms with Gasteiger partial charge in [-0.15, -0.1) is 0 Å². The summed E-state index contributed by atoms with van der Waals surface area (Å²) in [6.45, 7) is 1.77. The average molecular weight is 238 g/mol. The zero-order chi connectivity index (χ0) is 13.0. The molecule has 1 amide bonds. The second-order valence-corrected chi connectivity index (χ2v) is 3.54. The number of nitrogens with one attached hydrogen (secondary N) is 1. The van der Waals surface area contributed by atoms with E-state index in [1.54, 1.807) is 6.92 Å². The summed E-state index contributed by atoms with van der Waals surface area (Å²) in [4.78, 5) is 22.2. The molecule has 1 atom stereocenters. The van der Waals surface area contributed by atoms with Crippen LogP contribution in [-0.4, -0.2) is 28.1 Å². The van der Waals surface area contributed by atoms with E-state index >= 15 is 0 Å². The maximum absolute atomic E-state index is 11.5. The predicted molar refractivity (Wildman–Crippen MR) is 62.0 cm³/mol. The number of carbonyl (C=O) groups is 2. The van der Waals surface area contributed by atoms with Crippen LogP contribution in [0.1, 0.15) is 23.7 Å². The summed E-state index contributed by atoms with van der Waals surface area (Å²) in [5, 5.41) is 20.5. The van der Waals surface area contributed by atoms with Gasteiger partial charge in [-0.05, 0) is 24.6 Å². The molecule has 0 aliphatic rings. The van der Waals surface area contributed by atoms with Gasteiger partial charge in [0.1, 0.15) is 11.3 Å². The van der Waals surface area contributed by atoms with Crippen LogP contribution in [0.2, 0.25) is 0 Å². The van der Waals surface area contributed by atoms with E-state index in [0.717, 1.165) is 0 Å². The van der Waals surface area contributed by atoms with Crippen LogP contribution in [0.25, 0.3) is 0 Å². The molecule has 6 heteroatoms. The van der Waals surface area contributed by atoms with Crippen LogP contribution >= 0.6 is 0 Å². The summed E-state index contributed by atoms with van der Waals surface area (Å²) in [5.41, 5.74) is 5.53. The number of nitrogens with two attached hydrogens (primary N) is 1. The molecule has 0 aliphatic carbocycles. The Hall–Kier alpha value is -2.08. The molecule has 17 heavy (non-hydrogen) atoms. The number of carboxylic acids is 1. The number of carbonyl (C=O) groups excluding carboxylic acids is 1. The Morgan fingerprint density at radius 3 is 2.65 bits per heavy atom. The van der Waals surface area contributed by atoms with Crippen LogP contribution in [0.15, 0.2) is 18.2 Å². The first-order valence-electron chi connectivity index (χ1n) is 5.08. The topological polar surface area (TPSA) is 113 Å². The summed E-state index contributed by atoms with van der Waals surface area (Å²) in [5.74, 6) is -2.01. The number of aromatic hydroxyl groups is 1. The number of aromatic carboxylic acids is 1. The summed E-state index contributed by atoms with van der Waals surface area (Å²) in [7, 11) is 0.